The topological polar surface area (TPSA) is 35.9 Å². The van der Waals surface area contributed by atoms with Crippen LogP contribution in [0, 0.1) is 0 Å². The number of amides is 1. The van der Waals surface area contributed by atoms with Gasteiger partial charge in [-0.15, -0.1) is 0 Å². The van der Waals surface area contributed by atoms with E-state index in [-0.39, 0.29) is 11.4 Å². The zero-order valence-corrected chi connectivity index (χ0v) is 17.9. The van der Waals surface area contributed by atoms with Crippen LogP contribution in [-0.4, -0.2) is 23.7 Å². The van der Waals surface area contributed by atoms with Crippen molar-refractivity contribution in [2.75, 3.05) is 16.5 Å². The van der Waals surface area contributed by atoms with Crippen molar-refractivity contribution in [3.8, 4) is 0 Å². The van der Waals surface area contributed by atoms with Crippen LogP contribution in [-0.2, 0) is 4.79 Å². The minimum Gasteiger partial charge on any atom is -0.366 e. The maximum absolute atomic E-state index is 13.0. The van der Waals surface area contributed by atoms with Crippen molar-refractivity contribution in [2.45, 2.75) is 52.5 Å². The lowest BCUT2D eigenvalue weighted by atomic mass is 9.79. The summed E-state index contributed by atoms with van der Waals surface area (Å²) in [6, 6.07) is 16.2. The van der Waals surface area contributed by atoms with Crippen molar-refractivity contribution in [2.24, 2.45) is 5.10 Å². The molecule has 0 radical (unpaired) electrons. The van der Waals surface area contributed by atoms with Crippen LogP contribution in [0.2, 0.25) is 0 Å². The number of hydrogen-bond donors (Lipinski definition) is 0. The van der Waals surface area contributed by atoms with E-state index < -0.39 is 0 Å². The van der Waals surface area contributed by atoms with Crippen LogP contribution in [0.5, 0.6) is 0 Å². The van der Waals surface area contributed by atoms with Gasteiger partial charge in [0.2, 0.25) is 0 Å². The molecule has 0 saturated carbocycles. The van der Waals surface area contributed by atoms with E-state index in [0.717, 1.165) is 29.9 Å². The molecule has 1 atom stereocenters. The molecule has 0 unspecified atom stereocenters. The number of carbonyl (C=O) groups excluding carboxylic acids is 1. The molecular weight excluding hydrogens is 358 g/mol. The van der Waals surface area contributed by atoms with Crippen LogP contribution in [0.1, 0.15) is 58.1 Å². The average Bonchev–Trinajstić information content (AvgIpc) is 2.97. The summed E-state index contributed by atoms with van der Waals surface area (Å²) in [6.07, 6.45) is 3.10. The standard InChI is InChI=1S/C25H29N3O/c1-6-27-23-13-12-19(14-21(23)17(2)16-25(27,4)5)15-22-18(3)26-28(24(22)29)20-10-8-7-9-11-20/h7-15,17H,6,16H2,1-5H3/b22-15+/t17-/m1/s1. The van der Waals surface area contributed by atoms with Gasteiger partial charge in [0.1, 0.15) is 0 Å². The molecule has 0 spiro atoms. The van der Waals surface area contributed by atoms with Gasteiger partial charge in [-0.2, -0.15) is 10.1 Å². The zero-order valence-electron chi connectivity index (χ0n) is 17.9. The molecule has 0 saturated heterocycles. The van der Waals surface area contributed by atoms with Crippen molar-refractivity contribution < 1.29 is 4.79 Å². The second-order valence-electron chi connectivity index (χ2n) is 8.68. The third-order valence-electron chi connectivity index (χ3n) is 6.10. The van der Waals surface area contributed by atoms with E-state index >= 15 is 0 Å². The van der Waals surface area contributed by atoms with Gasteiger partial charge in [0.05, 0.1) is 17.0 Å². The molecule has 4 nitrogen and oxygen atoms in total. The van der Waals surface area contributed by atoms with E-state index in [1.165, 1.54) is 16.3 Å². The fraction of sp³-hybridized carbons (Fsp3) is 0.360. The van der Waals surface area contributed by atoms with Gasteiger partial charge < -0.3 is 4.90 Å². The molecule has 0 aromatic heterocycles. The second-order valence-corrected chi connectivity index (χ2v) is 8.68. The lowest BCUT2D eigenvalue weighted by molar-refractivity contribution is -0.114. The summed E-state index contributed by atoms with van der Waals surface area (Å²) in [5.74, 6) is 0.409. The van der Waals surface area contributed by atoms with Crippen LogP contribution in [0.3, 0.4) is 0 Å². The first-order valence-corrected chi connectivity index (χ1v) is 10.4. The van der Waals surface area contributed by atoms with Gasteiger partial charge in [-0.3, -0.25) is 4.79 Å². The van der Waals surface area contributed by atoms with Crippen molar-refractivity contribution in [3.63, 3.8) is 0 Å². The van der Waals surface area contributed by atoms with Gasteiger partial charge in [-0.05, 0) is 81.5 Å². The Morgan fingerprint density at radius 2 is 1.90 bits per heavy atom. The van der Waals surface area contributed by atoms with Gasteiger partial charge >= 0.3 is 0 Å². The zero-order chi connectivity index (χ0) is 20.8. The fourth-order valence-corrected chi connectivity index (χ4v) is 4.79. The van der Waals surface area contributed by atoms with Gasteiger partial charge in [-0.25, -0.2) is 0 Å². The minimum absolute atomic E-state index is 0.0733. The van der Waals surface area contributed by atoms with Crippen LogP contribution in [0.15, 0.2) is 59.2 Å². The Hall–Kier alpha value is -2.88. The molecule has 0 fully saturated rings. The molecule has 2 aliphatic heterocycles. The average molecular weight is 388 g/mol. The molecule has 2 aliphatic rings. The van der Waals surface area contributed by atoms with Gasteiger partial charge in [-0.1, -0.05) is 31.2 Å². The number of carbonyl (C=O) groups is 1. The van der Waals surface area contributed by atoms with E-state index in [4.69, 9.17) is 0 Å². The molecule has 2 aromatic carbocycles. The first-order chi connectivity index (χ1) is 13.8. The van der Waals surface area contributed by atoms with Gasteiger partial charge in [0, 0.05) is 17.8 Å². The van der Waals surface area contributed by atoms with Gasteiger partial charge in [0.15, 0.2) is 0 Å². The maximum atomic E-state index is 13.0. The van der Waals surface area contributed by atoms with E-state index in [1.54, 1.807) is 0 Å². The predicted octanol–water partition coefficient (Wildman–Crippen LogP) is 5.60. The summed E-state index contributed by atoms with van der Waals surface area (Å²) in [7, 11) is 0. The highest BCUT2D eigenvalue weighted by Crippen LogP contribution is 2.43. The molecular formula is C25H29N3O. The summed E-state index contributed by atoms with van der Waals surface area (Å²) in [5, 5.41) is 5.98. The van der Waals surface area contributed by atoms with Crippen molar-refractivity contribution in [1.29, 1.82) is 0 Å². The predicted molar refractivity (Wildman–Crippen MR) is 122 cm³/mol. The van der Waals surface area contributed by atoms with Crippen molar-refractivity contribution >= 4 is 29.1 Å². The number of benzene rings is 2. The molecule has 4 heteroatoms. The molecule has 4 rings (SSSR count). The van der Waals surface area contributed by atoms with Gasteiger partial charge in [0.25, 0.3) is 5.91 Å². The lowest BCUT2D eigenvalue weighted by Gasteiger charge is -2.47. The van der Waals surface area contributed by atoms with E-state index in [0.29, 0.717) is 11.5 Å². The molecule has 0 N–H and O–H groups in total. The summed E-state index contributed by atoms with van der Waals surface area (Å²) in [5.41, 5.74) is 6.08. The Balaban J connectivity index is 1.69. The highest BCUT2D eigenvalue weighted by molar-refractivity contribution is 6.32. The smallest absolute Gasteiger partial charge is 0.280 e. The number of hydrogen-bond acceptors (Lipinski definition) is 3. The third kappa shape index (κ3) is 3.37. The minimum atomic E-state index is -0.0733. The Morgan fingerprint density at radius 1 is 1.17 bits per heavy atom. The number of hydrazone groups is 1. The summed E-state index contributed by atoms with van der Waals surface area (Å²) in [4.78, 5) is 15.5. The lowest BCUT2D eigenvalue weighted by Crippen LogP contribution is -2.48. The molecule has 2 aromatic rings. The molecule has 0 bridgehead atoms. The molecule has 150 valence electrons. The highest BCUT2D eigenvalue weighted by atomic mass is 16.2. The Bertz CT molecular complexity index is 1000. The molecule has 29 heavy (non-hydrogen) atoms. The largest absolute Gasteiger partial charge is 0.366 e. The quantitative estimate of drug-likeness (QED) is 0.642. The molecule has 0 aliphatic carbocycles. The van der Waals surface area contributed by atoms with E-state index in [1.807, 2.05) is 43.3 Å². The first-order valence-electron chi connectivity index (χ1n) is 10.4. The van der Waals surface area contributed by atoms with E-state index in [9.17, 15) is 4.79 Å². The fourth-order valence-electron chi connectivity index (χ4n) is 4.79. The van der Waals surface area contributed by atoms with Crippen LogP contribution < -0.4 is 9.91 Å². The third-order valence-corrected chi connectivity index (χ3v) is 6.10. The summed E-state index contributed by atoms with van der Waals surface area (Å²) >= 11 is 0. The van der Waals surface area contributed by atoms with Crippen LogP contribution in [0.4, 0.5) is 11.4 Å². The van der Waals surface area contributed by atoms with Crippen LogP contribution >= 0.6 is 0 Å². The first kappa shape index (κ1) is 19.4. The Morgan fingerprint density at radius 3 is 2.59 bits per heavy atom. The monoisotopic (exact) mass is 387 g/mol. The summed E-state index contributed by atoms with van der Waals surface area (Å²) < 4.78 is 0. The highest BCUT2D eigenvalue weighted by Gasteiger charge is 2.35. The molecule has 1 amide bonds. The van der Waals surface area contributed by atoms with Crippen molar-refractivity contribution in [1.82, 2.24) is 0 Å². The van der Waals surface area contributed by atoms with Crippen LogP contribution in [0.25, 0.3) is 6.08 Å². The number of anilines is 2. The number of fused-ring (bicyclic) bond motifs is 1. The van der Waals surface area contributed by atoms with E-state index in [2.05, 4.69) is 55.9 Å². The molecule has 2 heterocycles. The Labute approximate surface area is 173 Å². The second kappa shape index (κ2) is 7.18. The normalized spacial score (nSPS) is 22.1. The number of rotatable bonds is 3. The SMILES string of the molecule is CCN1c2ccc(/C=C3/C(=O)N(c4ccccc4)N=C3C)cc2[C@H](C)CC1(C)C. The Kier molecular flexibility index (Phi) is 4.81. The van der Waals surface area contributed by atoms with Crippen molar-refractivity contribution in [3.05, 3.63) is 65.2 Å². The maximum Gasteiger partial charge on any atom is 0.280 e. The summed E-state index contributed by atoms with van der Waals surface area (Å²) in [6.45, 7) is 12.0. The number of nitrogens with zero attached hydrogens (tertiary/aromatic N) is 3. The number of para-hydroxylation sites is 1.